The van der Waals surface area contributed by atoms with Gasteiger partial charge in [0.1, 0.15) is 0 Å². The molecule has 0 aliphatic carbocycles. The topological polar surface area (TPSA) is 75.3 Å². The van der Waals surface area contributed by atoms with Crippen LogP contribution in [0.1, 0.15) is 25.0 Å². The molecule has 6 heteroatoms. The Morgan fingerprint density at radius 2 is 1.67 bits per heavy atom. The van der Waals surface area contributed by atoms with Crippen LogP contribution < -0.4 is 10.6 Å². The van der Waals surface area contributed by atoms with Crippen molar-refractivity contribution in [1.29, 1.82) is 0 Å². The van der Waals surface area contributed by atoms with Crippen molar-refractivity contribution in [2.24, 2.45) is 0 Å². The number of hydrogen-bond acceptors (Lipinski definition) is 3. The summed E-state index contributed by atoms with van der Waals surface area (Å²) in [4.78, 5) is 12.3. The molecule has 0 bridgehead atoms. The zero-order chi connectivity index (χ0) is 17.7. The lowest BCUT2D eigenvalue weighted by atomic mass is 10.1. The monoisotopic (exact) mass is 346 g/mol. The summed E-state index contributed by atoms with van der Waals surface area (Å²) in [5, 5.41) is 4.82. The average molecular weight is 346 g/mol. The van der Waals surface area contributed by atoms with Gasteiger partial charge in [-0.25, -0.2) is 13.2 Å². The van der Waals surface area contributed by atoms with Crippen molar-refractivity contribution in [3.8, 4) is 0 Å². The molecule has 0 heterocycles. The van der Waals surface area contributed by atoms with Crippen LogP contribution in [0.3, 0.4) is 0 Å². The highest BCUT2D eigenvalue weighted by atomic mass is 32.2. The Balaban J connectivity index is 2.12. The highest BCUT2D eigenvalue weighted by molar-refractivity contribution is 7.92. The van der Waals surface area contributed by atoms with Crippen LogP contribution >= 0.6 is 0 Å². The van der Waals surface area contributed by atoms with Gasteiger partial charge in [-0.2, -0.15) is 0 Å². The van der Waals surface area contributed by atoms with Gasteiger partial charge in [-0.05, 0) is 44.0 Å². The SMILES string of the molecule is Cc1ccccc1CNC(=O)Nc1ccccc1S(=O)(=O)C(C)C. The first-order valence-electron chi connectivity index (χ1n) is 7.74. The lowest BCUT2D eigenvalue weighted by Crippen LogP contribution is -2.29. The summed E-state index contributed by atoms with van der Waals surface area (Å²) >= 11 is 0. The van der Waals surface area contributed by atoms with Crippen LogP contribution in [0.25, 0.3) is 0 Å². The highest BCUT2D eigenvalue weighted by Crippen LogP contribution is 2.24. The minimum absolute atomic E-state index is 0.131. The van der Waals surface area contributed by atoms with Gasteiger partial charge in [0.05, 0.1) is 15.8 Å². The fourth-order valence-electron chi connectivity index (χ4n) is 2.22. The third kappa shape index (κ3) is 4.14. The predicted molar refractivity (Wildman–Crippen MR) is 95.8 cm³/mol. The van der Waals surface area contributed by atoms with E-state index in [0.717, 1.165) is 11.1 Å². The van der Waals surface area contributed by atoms with Crippen LogP contribution in [0.15, 0.2) is 53.4 Å². The van der Waals surface area contributed by atoms with E-state index in [1.165, 1.54) is 6.07 Å². The summed E-state index contributed by atoms with van der Waals surface area (Å²) in [6.07, 6.45) is 0. The second-order valence-corrected chi connectivity index (χ2v) is 8.30. The molecule has 0 aliphatic rings. The molecule has 0 radical (unpaired) electrons. The van der Waals surface area contributed by atoms with Gasteiger partial charge in [0.25, 0.3) is 0 Å². The maximum Gasteiger partial charge on any atom is 0.319 e. The number of para-hydroxylation sites is 1. The molecule has 5 nitrogen and oxygen atoms in total. The van der Waals surface area contributed by atoms with Crippen molar-refractivity contribution < 1.29 is 13.2 Å². The van der Waals surface area contributed by atoms with E-state index in [1.54, 1.807) is 32.0 Å². The molecule has 0 aliphatic heterocycles. The number of amides is 2. The van der Waals surface area contributed by atoms with Crippen LogP contribution in [0.4, 0.5) is 10.5 Å². The molecule has 2 aromatic rings. The van der Waals surface area contributed by atoms with E-state index in [0.29, 0.717) is 6.54 Å². The van der Waals surface area contributed by atoms with Gasteiger partial charge in [0.15, 0.2) is 9.84 Å². The van der Waals surface area contributed by atoms with E-state index < -0.39 is 21.1 Å². The Morgan fingerprint density at radius 3 is 2.33 bits per heavy atom. The molecule has 0 unspecified atom stereocenters. The Bertz CT molecular complexity index is 830. The number of urea groups is 1. The molecule has 0 atom stereocenters. The summed E-state index contributed by atoms with van der Waals surface area (Å²) in [7, 11) is -3.47. The molecule has 2 N–H and O–H groups in total. The Labute approximate surface area is 143 Å². The number of anilines is 1. The van der Waals surface area contributed by atoms with E-state index in [1.807, 2.05) is 31.2 Å². The summed E-state index contributed by atoms with van der Waals surface area (Å²) < 4.78 is 24.8. The molecular weight excluding hydrogens is 324 g/mol. The van der Waals surface area contributed by atoms with Gasteiger partial charge in [-0.15, -0.1) is 0 Å². The van der Waals surface area contributed by atoms with Gasteiger partial charge in [-0.3, -0.25) is 0 Å². The summed E-state index contributed by atoms with van der Waals surface area (Å²) in [5.74, 6) is 0. The molecule has 128 valence electrons. The van der Waals surface area contributed by atoms with E-state index in [9.17, 15) is 13.2 Å². The fraction of sp³-hybridized carbons (Fsp3) is 0.278. The first kappa shape index (κ1) is 18.0. The first-order valence-corrected chi connectivity index (χ1v) is 9.29. The standard InChI is InChI=1S/C18H22N2O3S/c1-13(2)24(22,23)17-11-7-6-10-16(17)20-18(21)19-12-15-9-5-4-8-14(15)3/h4-11,13H,12H2,1-3H3,(H2,19,20,21). The number of sulfone groups is 1. The maximum atomic E-state index is 12.4. The van der Waals surface area contributed by atoms with Crippen molar-refractivity contribution in [1.82, 2.24) is 5.32 Å². The molecule has 24 heavy (non-hydrogen) atoms. The Hall–Kier alpha value is -2.34. The van der Waals surface area contributed by atoms with Crippen LogP contribution in [-0.4, -0.2) is 19.7 Å². The smallest absolute Gasteiger partial charge is 0.319 e. The number of rotatable bonds is 5. The van der Waals surface area contributed by atoms with Gasteiger partial charge < -0.3 is 10.6 Å². The second kappa shape index (κ2) is 7.49. The number of benzene rings is 2. The van der Waals surface area contributed by atoms with Crippen molar-refractivity contribution >= 4 is 21.6 Å². The zero-order valence-electron chi connectivity index (χ0n) is 14.0. The maximum absolute atomic E-state index is 12.4. The second-order valence-electron chi connectivity index (χ2n) is 5.82. The minimum Gasteiger partial charge on any atom is -0.334 e. The number of nitrogens with one attached hydrogen (secondary N) is 2. The van der Waals surface area contributed by atoms with Crippen LogP contribution in [0.2, 0.25) is 0 Å². The molecule has 2 amide bonds. The summed E-state index contributed by atoms with van der Waals surface area (Å²) in [6.45, 7) is 5.58. The summed E-state index contributed by atoms with van der Waals surface area (Å²) in [6, 6.07) is 13.7. The quantitative estimate of drug-likeness (QED) is 0.870. The number of carbonyl (C=O) groups excluding carboxylic acids is 1. The molecule has 2 rings (SSSR count). The Morgan fingerprint density at radius 1 is 1.04 bits per heavy atom. The molecule has 0 aromatic heterocycles. The molecule has 0 fully saturated rings. The van der Waals surface area contributed by atoms with E-state index >= 15 is 0 Å². The molecule has 0 spiro atoms. The lowest BCUT2D eigenvalue weighted by Gasteiger charge is -2.14. The first-order chi connectivity index (χ1) is 11.3. The Kier molecular flexibility index (Phi) is 5.62. The number of aryl methyl sites for hydroxylation is 1. The number of hydrogen-bond donors (Lipinski definition) is 2. The lowest BCUT2D eigenvalue weighted by molar-refractivity contribution is 0.251. The molecular formula is C18H22N2O3S. The van der Waals surface area contributed by atoms with Gasteiger partial charge in [-0.1, -0.05) is 36.4 Å². The van der Waals surface area contributed by atoms with Crippen LogP contribution in [0, 0.1) is 6.92 Å². The molecule has 0 saturated carbocycles. The third-order valence-corrected chi connectivity index (χ3v) is 5.97. The van der Waals surface area contributed by atoms with E-state index in [4.69, 9.17) is 0 Å². The van der Waals surface area contributed by atoms with Gasteiger partial charge in [0.2, 0.25) is 0 Å². The van der Waals surface area contributed by atoms with E-state index in [2.05, 4.69) is 10.6 Å². The number of carbonyl (C=O) groups is 1. The fourth-order valence-corrected chi connectivity index (χ4v) is 3.42. The van der Waals surface area contributed by atoms with E-state index in [-0.39, 0.29) is 10.6 Å². The predicted octanol–water partition coefficient (Wildman–Crippen LogP) is 3.50. The largest absolute Gasteiger partial charge is 0.334 e. The normalized spacial score (nSPS) is 11.3. The third-order valence-electron chi connectivity index (χ3n) is 3.76. The van der Waals surface area contributed by atoms with Crippen LogP contribution in [-0.2, 0) is 16.4 Å². The van der Waals surface area contributed by atoms with Gasteiger partial charge >= 0.3 is 6.03 Å². The van der Waals surface area contributed by atoms with Crippen LogP contribution in [0.5, 0.6) is 0 Å². The minimum atomic E-state index is -3.47. The summed E-state index contributed by atoms with van der Waals surface area (Å²) in [5.41, 5.74) is 2.38. The molecule has 0 saturated heterocycles. The van der Waals surface area contributed by atoms with Crippen molar-refractivity contribution in [3.05, 3.63) is 59.7 Å². The van der Waals surface area contributed by atoms with Gasteiger partial charge in [0, 0.05) is 6.54 Å². The average Bonchev–Trinajstić information content (AvgIpc) is 2.54. The zero-order valence-corrected chi connectivity index (χ0v) is 14.9. The van der Waals surface area contributed by atoms with Crippen molar-refractivity contribution in [2.45, 2.75) is 37.5 Å². The van der Waals surface area contributed by atoms with Crippen molar-refractivity contribution in [3.63, 3.8) is 0 Å². The molecule has 2 aromatic carbocycles. The highest BCUT2D eigenvalue weighted by Gasteiger charge is 2.23. The van der Waals surface area contributed by atoms with Crippen molar-refractivity contribution in [2.75, 3.05) is 5.32 Å².